The van der Waals surface area contributed by atoms with Crippen molar-refractivity contribution >= 4 is 8.32 Å². The number of rotatable bonds is 10. The second-order valence-corrected chi connectivity index (χ2v) is 8.76. The van der Waals surface area contributed by atoms with Gasteiger partial charge in [0.1, 0.15) is 12.9 Å². The molecule has 98 valence electrons. The fraction of sp³-hybridized carbons (Fsp3) is 1.00. The van der Waals surface area contributed by atoms with Gasteiger partial charge in [-0.2, -0.15) is 0 Å². The van der Waals surface area contributed by atoms with E-state index in [0.29, 0.717) is 20.0 Å². The third-order valence-corrected chi connectivity index (χ3v) is 4.98. The second-order valence-electron chi connectivity index (χ2n) is 4.46. The Balaban J connectivity index is 3.57. The Morgan fingerprint density at radius 2 is 1.81 bits per heavy atom. The first-order valence-electron chi connectivity index (χ1n) is 5.79. The molecule has 0 aromatic heterocycles. The maximum absolute atomic E-state index is 5.76. The summed E-state index contributed by atoms with van der Waals surface area (Å²) in [5.74, 6) is 0. The molecule has 0 spiro atoms. The van der Waals surface area contributed by atoms with E-state index in [1.165, 1.54) is 12.5 Å². The van der Waals surface area contributed by atoms with E-state index in [1.807, 2.05) is 0 Å². The molecule has 0 fully saturated rings. The third-order valence-electron chi connectivity index (χ3n) is 2.37. The molecule has 0 aromatic rings. The van der Waals surface area contributed by atoms with Gasteiger partial charge in [0.2, 0.25) is 0 Å². The van der Waals surface area contributed by atoms with Crippen LogP contribution in [0.1, 0.15) is 13.3 Å². The molecule has 0 rings (SSSR count). The molecular formula is C11H26O4Si. The van der Waals surface area contributed by atoms with Crippen molar-refractivity contribution in [3.05, 3.63) is 0 Å². The Bertz CT molecular complexity index is 164. The van der Waals surface area contributed by atoms with Gasteiger partial charge in [0.05, 0.1) is 13.2 Å². The molecule has 4 nitrogen and oxygen atoms in total. The topological polar surface area (TPSA) is 36.9 Å². The maximum Gasteiger partial charge on any atom is 0.189 e. The molecule has 0 saturated carbocycles. The summed E-state index contributed by atoms with van der Waals surface area (Å²) in [6.07, 6.45) is 1.16. The SMILES string of the molecule is CCC[Si](C)(C)OCOCC(COC)OC. The van der Waals surface area contributed by atoms with Gasteiger partial charge < -0.3 is 18.6 Å². The molecule has 5 heteroatoms. The maximum atomic E-state index is 5.76. The van der Waals surface area contributed by atoms with Gasteiger partial charge in [-0.05, 0) is 19.1 Å². The summed E-state index contributed by atoms with van der Waals surface area (Å²) in [4.78, 5) is 0. The predicted molar refractivity (Wildman–Crippen MR) is 67.2 cm³/mol. The molecule has 16 heavy (non-hydrogen) atoms. The van der Waals surface area contributed by atoms with E-state index >= 15 is 0 Å². The summed E-state index contributed by atoms with van der Waals surface area (Å²) in [6, 6.07) is 1.17. The lowest BCUT2D eigenvalue weighted by Crippen LogP contribution is -2.32. The van der Waals surface area contributed by atoms with E-state index < -0.39 is 8.32 Å². The molecule has 0 aliphatic heterocycles. The number of methoxy groups -OCH3 is 2. The van der Waals surface area contributed by atoms with Gasteiger partial charge in [-0.3, -0.25) is 0 Å². The van der Waals surface area contributed by atoms with E-state index in [-0.39, 0.29) is 6.10 Å². The number of ether oxygens (including phenoxy) is 3. The van der Waals surface area contributed by atoms with Crippen LogP contribution in [0.2, 0.25) is 19.1 Å². The van der Waals surface area contributed by atoms with Crippen molar-refractivity contribution in [3.8, 4) is 0 Å². The Kier molecular flexibility index (Phi) is 9.16. The van der Waals surface area contributed by atoms with Gasteiger partial charge in [0, 0.05) is 14.2 Å². The highest BCUT2D eigenvalue weighted by molar-refractivity contribution is 6.71. The van der Waals surface area contributed by atoms with E-state index in [2.05, 4.69) is 20.0 Å². The molecule has 0 radical (unpaired) electrons. The van der Waals surface area contributed by atoms with E-state index in [1.54, 1.807) is 14.2 Å². The van der Waals surface area contributed by atoms with Gasteiger partial charge in [-0.25, -0.2) is 0 Å². The van der Waals surface area contributed by atoms with Gasteiger partial charge >= 0.3 is 0 Å². The summed E-state index contributed by atoms with van der Waals surface area (Å²) >= 11 is 0. The summed E-state index contributed by atoms with van der Waals surface area (Å²) in [7, 11) is 1.81. The van der Waals surface area contributed by atoms with Gasteiger partial charge in [-0.15, -0.1) is 0 Å². The highest BCUT2D eigenvalue weighted by Gasteiger charge is 2.20. The quantitative estimate of drug-likeness (QED) is 0.338. The lowest BCUT2D eigenvalue weighted by Gasteiger charge is -2.22. The highest BCUT2D eigenvalue weighted by Crippen LogP contribution is 2.13. The first-order valence-corrected chi connectivity index (χ1v) is 8.90. The minimum Gasteiger partial charge on any atom is -0.395 e. The predicted octanol–water partition coefficient (Wildman–Crippen LogP) is 2.25. The minimum absolute atomic E-state index is 0.00967. The summed E-state index contributed by atoms with van der Waals surface area (Å²) in [6.45, 7) is 8.03. The summed E-state index contributed by atoms with van der Waals surface area (Å²) in [5, 5.41) is 0. The zero-order valence-electron chi connectivity index (χ0n) is 11.2. The first kappa shape index (κ1) is 16.1. The molecule has 0 heterocycles. The first-order chi connectivity index (χ1) is 7.55. The average Bonchev–Trinajstić information content (AvgIpc) is 2.22. The molecule has 0 saturated heterocycles. The fourth-order valence-corrected chi connectivity index (χ4v) is 3.18. The van der Waals surface area contributed by atoms with Crippen LogP contribution in [-0.2, 0) is 18.6 Å². The van der Waals surface area contributed by atoms with Crippen molar-refractivity contribution in [2.45, 2.75) is 38.6 Å². The van der Waals surface area contributed by atoms with Crippen molar-refractivity contribution in [3.63, 3.8) is 0 Å². The van der Waals surface area contributed by atoms with Crippen molar-refractivity contribution in [2.75, 3.05) is 34.2 Å². The van der Waals surface area contributed by atoms with Crippen LogP contribution in [0.4, 0.5) is 0 Å². The highest BCUT2D eigenvalue weighted by atomic mass is 28.4. The van der Waals surface area contributed by atoms with Crippen LogP contribution in [0.5, 0.6) is 0 Å². The van der Waals surface area contributed by atoms with Crippen LogP contribution in [0.25, 0.3) is 0 Å². The molecular weight excluding hydrogens is 224 g/mol. The Labute approximate surface area is 100 Å². The zero-order chi connectivity index (χ0) is 12.4. The van der Waals surface area contributed by atoms with Gasteiger partial charge in [0.15, 0.2) is 8.32 Å². The summed E-state index contributed by atoms with van der Waals surface area (Å²) < 4.78 is 21.4. The lowest BCUT2D eigenvalue weighted by atomic mass is 10.4. The standard InChI is InChI=1S/C11H26O4Si/c1-6-7-16(4,5)15-10-14-9-11(13-3)8-12-2/h11H,6-10H2,1-5H3. The van der Waals surface area contributed by atoms with E-state index in [4.69, 9.17) is 18.6 Å². The molecule has 1 unspecified atom stereocenters. The third kappa shape index (κ3) is 8.24. The number of hydrogen-bond donors (Lipinski definition) is 0. The molecule has 0 aliphatic carbocycles. The molecule has 0 N–H and O–H groups in total. The monoisotopic (exact) mass is 250 g/mol. The van der Waals surface area contributed by atoms with Crippen molar-refractivity contribution in [1.29, 1.82) is 0 Å². The van der Waals surface area contributed by atoms with Crippen molar-refractivity contribution < 1.29 is 18.6 Å². The van der Waals surface area contributed by atoms with E-state index in [0.717, 1.165) is 0 Å². The minimum atomic E-state index is -1.50. The molecule has 0 aliphatic rings. The molecule has 0 bridgehead atoms. The van der Waals surface area contributed by atoms with Crippen LogP contribution >= 0.6 is 0 Å². The van der Waals surface area contributed by atoms with Gasteiger partial charge in [-0.1, -0.05) is 13.3 Å². The largest absolute Gasteiger partial charge is 0.395 e. The Morgan fingerprint density at radius 3 is 2.31 bits per heavy atom. The van der Waals surface area contributed by atoms with Crippen LogP contribution in [0.15, 0.2) is 0 Å². The molecule has 1 atom stereocenters. The fourth-order valence-electron chi connectivity index (χ4n) is 1.43. The second kappa shape index (κ2) is 9.12. The zero-order valence-corrected chi connectivity index (χ0v) is 12.2. The van der Waals surface area contributed by atoms with Crippen molar-refractivity contribution in [2.24, 2.45) is 0 Å². The van der Waals surface area contributed by atoms with E-state index in [9.17, 15) is 0 Å². The van der Waals surface area contributed by atoms with Crippen LogP contribution in [0.3, 0.4) is 0 Å². The molecule has 0 amide bonds. The molecule has 0 aromatic carbocycles. The van der Waals surface area contributed by atoms with Crippen LogP contribution < -0.4 is 0 Å². The lowest BCUT2D eigenvalue weighted by molar-refractivity contribution is -0.0665. The average molecular weight is 250 g/mol. The van der Waals surface area contributed by atoms with Gasteiger partial charge in [0.25, 0.3) is 0 Å². The van der Waals surface area contributed by atoms with Crippen LogP contribution in [0, 0.1) is 0 Å². The normalized spacial score (nSPS) is 14.1. The van der Waals surface area contributed by atoms with Crippen LogP contribution in [-0.4, -0.2) is 48.6 Å². The summed E-state index contributed by atoms with van der Waals surface area (Å²) in [5.41, 5.74) is 0. The van der Waals surface area contributed by atoms with Crippen molar-refractivity contribution in [1.82, 2.24) is 0 Å². The number of hydrogen-bond acceptors (Lipinski definition) is 4. The Hall–Kier alpha value is 0.0569. The smallest absolute Gasteiger partial charge is 0.189 e. The Morgan fingerprint density at radius 1 is 1.12 bits per heavy atom.